The van der Waals surface area contributed by atoms with Crippen LogP contribution in [0, 0.1) is 17.3 Å². The Kier molecular flexibility index (Phi) is 3.53. The smallest absolute Gasteiger partial charge is 0.281 e. The van der Waals surface area contributed by atoms with Crippen LogP contribution in [0.1, 0.15) is 13.8 Å². The number of hydrogen-bond acceptors (Lipinski definition) is 1. The third-order valence-electron chi connectivity index (χ3n) is 3.11. The summed E-state index contributed by atoms with van der Waals surface area (Å²) in [5, 5.41) is -0.926. The molecule has 0 saturated heterocycles. The fourth-order valence-electron chi connectivity index (χ4n) is 1.95. The summed E-state index contributed by atoms with van der Waals surface area (Å²) < 4.78 is 73.7. The second kappa shape index (κ2) is 4.15. The molecule has 1 aliphatic carbocycles. The van der Waals surface area contributed by atoms with Gasteiger partial charge in [0.25, 0.3) is 0 Å². The van der Waals surface area contributed by atoms with Crippen LogP contribution >= 0.6 is 11.6 Å². The minimum Gasteiger partial charge on any atom is -0.281 e. The van der Waals surface area contributed by atoms with Gasteiger partial charge in [0.1, 0.15) is 5.57 Å². The zero-order valence-corrected chi connectivity index (χ0v) is 10.0. The van der Waals surface area contributed by atoms with Crippen molar-refractivity contribution in [1.82, 2.24) is 0 Å². The number of alkyl halides is 6. The maximum Gasteiger partial charge on any atom is 0.421 e. The van der Waals surface area contributed by atoms with Crippen molar-refractivity contribution in [3.8, 4) is 0 Å². The van der Waals surface area contributed by atoms with E-state index in [9.17, 15) is 31.1 Å². The van der Waals surface area contributed by atoms with E-state index in [1.54, 1.807) is 0 Å². The number of carbonyl (C=O) groups excluding carboxylic acids is 1. The summed E-state index contributed by atoms with van der Waals surface area (Å²) in [6.45, 7) is 2.78. The Hall–Kier alpha value is -0.720. The molecule has 0 aromatic rings. The maximum atomic E-state index is 12.3. The van der Waals surface area contributed by atoms with E-state index in [-0.39, 0.29) is 6.08 Å². The molecule has 0 heterocycles. The van der Waals surface area contributed by atoms with Crippen LogP contribution in [-0.4, -0.2) is 17.6 Å². The molecule has 0 aromatic heterocycles. The van der Waals surface area contributed by atoms with Crippen LogP contribution in [0.15, 0.2) is 11.6 Å². The van der Waals surface area contributed by atoms with Crippen LogP contribution in [0.25, 0.3) is 0 Å². The number of halogens is 7. The summed E-state index contributed by atoms with van der Waals surface area (Å²) in [6.07, 6.45) is -10.9. The molecule has 8 heteroatoms. The van der Waals surface area contributed by atoms with Gasteiger partial charge >= 0.3 is 12.4 Å². The lowest BCUT2D eigenvalue weighted by molar-refractivity contribution is -0.172. The summed E-state index contributed by atoms with van der Waals surface area (Å²) in [5.74, 6) is -2.17. The molecule has 1 aliphatic rings. The molecule has 1 saturated carbocycles. The van der Waals surface area contributed by atoms with E-state index in [0.29, 0.717) is 0 Å². The van der Waals surface area contributed by atoms with Gasteiger partial charge in [0, 0.05) is 5.92 Å². The lowest BCUT2D eigenvalue weighted by Crippen LogP contribution is -2.26. The van der Waals surface area contributed by atoms with Crippen molar-refractivity contribution in [3.05, 3.63) is 11.6 Å². The van der Waals surface area contributed by atoms with Gasteiger partial charge < -0.3 is 0 Å². The highest BCUT2D eigenvalue weighted by Gasteiger charge is 2.62. The van der Waals surface area contributed by atoms with Crippen molar-refractivity contribution in [2.24, 2.45) is 17.3 Å². The molecule has 0 aliphatic heterocycles. The average Bonchev–Trinajstić information content (AvgIpc) is 2.59. The molecule has 0 radical (unpaired) electrons. The van der Waals surface area contributed by atoms with Gasteiger partial charge in [-0.3, -0.25) is 4.79 Å². The van der Waals surface area contributed by atoms with E-state index in [2.05, 4.69) is 0 Å². The van der Waals surface area contributed by atoms with Crippen molar-refractivity contribution >= 4 is 16.8 Å². The van der Waals surface area contributed by atoms with E-state index in [0.717, 1.165) is 0 Å². The van der Waals surface area contributed by atoms with Gasteiger partial charge in [-0.15, -0.1) is 0 Å². The van der Waals surface area contributed by atoms with E-state index >= 15 is 0 Å². The van der Waals surface area contributed by atoms with Gasteiger partial charge in [-0.1, -0.05) is 19.9 Å². The van der Waals surface area contributed by atoms with Gasteiger partial charge in [-0.25, -0.2) is 0 Å². The molecule has 2 atom stereocenters. The van der Waals surface area contributed by atoms with Crippen molar-refractivity contribution in [2.45, 2.75) is 26.2 Å². The first-order chi connectivity index (χ1) is 7.79. The molecule has 0 amide bonds. The second-order valence-corrected chi connectivity index (χ2v) is 5.08. The summed E-state index contributed by atoms with van der Waals surface area (Å²) in [6, 6.07) is 0. The van der Waals surface area contributed by atoms with Crippen LogP contribution in [0.2, 0.25) is 0 Å². The van der Waals surface area contributed by atoms with Crippen molar-refractivity contribution in [1.29, 1.82) is 0 Å². The van der Waals surface area contributed by atoms with Gasteiger partial charge in [0.15, 0.2) is 0 Å². The third kappa shape index (κ3) is 2.81. The standard InChI is InChI=1S/C10H9ClF6O/c1-8(2)4(6(8)7(11)18)3-5(9(12,13)14)10(15,16)17/h3-4,6H,1-2H3/t4-,6+/m0/s1. The van der Waals surface area contributed by atoms with Crippen molar-refractivity contribution < 1.29 is 31.1 Å². The van der Waals surface area contributed by atoms with E-state index in [1.165, 1.54) is 13.8 Å². The SMILES string of the molecule is CC1(C)[C@@H](C=C(C(F)(F)F)C(F)(F)F)[C@@H]1C(=O)Cl. The molecule has 1 fully saturated rings. The van der Waals surface area contributed by atoms with E-state index in [1.807, 2.05) is 0 Å². The summed E-state index contributed by atoms with van der Waals surface area (Å²) >= 11 is 5.14. The van der Waals surface area contributed by atoms with Crippen molar-refractivity contribution in [3.63, 3.8) is 0 Å². The Morgan fingerprint density at radius 2 is 1.50 bits per heavy atom. The molecule has 1 nitrogen and oxygen atoms in total. The minimum atomic E-state index is -5.50. The largest absolute Gasteiger partial charge is 0.421 e. The number of allylic oxidation sites excluding steroid dienone is 2. The molecular formula is C10H9ClF6O. The second-order valence-electron chi connectivity index (χ2n) is 4.70. The van der Waals surface area contributed by atoms with Gasteiger partial charge in [-0.2, -0.15) is 26.3 Å². The molecule has 104 valence electrons. The lowest BCUT2D eigenvalue weighted by Gasteiger charge is -2.15. The summed E-state index contributed by atoms with van der Waals surface area (Å²) in [4.78, 5) is 10.9. The molecular weight excluding hydrogens is 286 g/mol. The topological polar surface area (TPSA) is 17.1 Å². The number of carbonyl (C=O) groups is 1. The normalized spacial score (nSPS) is 26.7. The van der Waals surface area contributed by atoms with Crippen molar-refractivity contribution in [2.75, 3.05) is 0 Å². The fourth-order valence-corrected chi connectivity index (χ4v) is 2.37. The highest BCUT2D eigenvalue weighted by molar-refractivity contribution is 6.64. The molecule has 0 bridgehead atoms. The predicted molar refractivity (Wildman–Crippen MR) is 51.8 cm³/mol. The molecule has 0 N–H and O–H groups in total. The van der Waals surface area contributed by atoms with Gasteiger partial charge in [0.05, 0.1) is 0 Å². The maximum absolute atomic E-state index is 12.3. The molecule has 18 heavy (non-hydrogen) atoms. The van der Waals surface area contributed by atoms with Crippen LogP contribution in [0.4, 0.5) is 26.3 Å². The quantitative estimate of drug-likeness (QED) is 0.426. The highest BCUT2D eigenvalue weighted by Crippen LogP contribution is 2.61. The van der Waals surface area contributed by atoms with E-state index in [4.69, 9.17) is 11.6 Å². The Balaban J connectivity index is 3.11. The first-order valence-corrected chi connectivity index (χ1v) is 5.23. The number of rotatable bonds is 2. The zero-order valence-electron chi connectivity index (χ0n) is 9.29. The third-order valence-corrected chi connectivity index (χ3v) is 3.35. The Morgan fingerprint density at radius 1 is 1.11 bits per heavy atom. The Labute approximate surface area is 104 Å². The summed E-state index contributed by atoms with van der Waals surface area (Å²) in [5.41, 5.74) is -3.57. The van der Waals surface area contributed by atoms with Crippen LogP contribution in [0.5, 0.6) is 0 Å². The average molecular weight is 295 g/mol. The first kappa shape index (κ1) is 15.3. The molecule has 0 unspecified atom stereocenters. The predicted octanol–water partition coefficient (Wildman–Crippen LogP) is 4.08. The molecule has 0 aromatic carbocycles. The van der Waals surface area contributed by atoms with Gasteiger partial charge in [0.2, 0.25) is 5.24 Å². The minimum absolute atomic E-state index is 0.0605. The zero-order chi connectivity index (χ0) is 14.5. The highest BCUT2D eigenvalue weighted by atomic mass is 35.5. The van der Waals surface area contributed by atoms with Crippen LogP contribution < -0.4 is 0 Å². The number of hydrogen-bond donors (Lipinski definition) is 0. The Morgan fingerprint density at radius 3 is 1.72 bits per heavy atom. The monoisotopic (exact) mass is 294 g/mol. The first-order valence-electron chi connectivity index (χ1n) is 4.85. The molecule has 0 spiro atoms. The molecule has 1 rings (SSSR count). The Bertz CT molecular complexity index is 376. The fraction of sp³-hybridized carbons (Fsp3) is 0.700. The lowest BCUT2D eigenvalue weighted by atomic mass is 10.1. The van der Waals surface area contributed by atoms with E-state index < -0.39 is 40.4 Å². The van der Waals surface area contributed by atoms with Crippen LogP contribution in [0.3, 0.4) is 0 Å². The van der Waals surface area contributed by atoms with Crippen LogP contribution in [-0.2, 0) is 4.79 Å². The van der Waals surface area contributed by atoms with Gasteiger partial charge in [-0.05, 0) is 22.9 Å². The summed E-state index contributed by atoms with van der Waals surface area (Å²) in [7, 11) is 0.